The zero-order chi connectivity index (χ0) is 13.1. The molecule has 0 aromatic carbocycles. The molecule has 0 spiro atoms. The van der Waals surface area contributed by atoms with E-state index in [0.29, 0.717) is 24.0 Å². The molecule has 18 heavy (non-hydrogen) atoms. The monoisotopic (exact) mass is 266 g/mol. The highest BCUT2D eigenvalue weighted by molar-refractivity contribution is 7.09. The van der Waals surface area contributed by atoms with Crippen LogP contribution in [0, 0.1) is 5.92 Å². The van der Waals surface area contributed by atoms with Gasteiger partial charge in [-0.1, -0.05) is 19.9 Å². The third kappa shape index (κ3) is 3.34. The van der Waals surface area contributed by atoms with Gasteiger partial charge < -0.3 is 5.32 Å². The lowest BCUT2D eigenvalue weighted by Crippen LogP contribution is -2.59. The summed E-state index contributed by atoms with van der Waals surface area (Å²) in [6.07, 6.45) is 1.19. The Kier molecular flexibility index (Phi) is 4.82. The van der Waals surface area contributed by atoms with Gasteiger partial charge in [0, 0.05) is 36.1 Å². The molecule has 0 bridgehead atoms. The Bertz CT molecular complexity index is 347. The van der Waals surface area contributed by atoms with Crippen LogP contribution in [-0.2, 0) is 6.42 Å². The number of thiophene rings is 1. The fourth-order valence-electron chi connectivity index (χ4n) is 2.81. The van der Waals surface area contributed by atoms with E-state index >= 15 is 0 Å². The predicted molar refractivity (Wildman–Crippen MR) is 80.3 cm³/mol. The molecule has 1 saturated heterocycles. The average Bonchev–Trinajstić information content (AvgIpc) is 2.81. The number of hydrogen-bond acceptors (Lipinski definition) is 3. The molecule has 102 valence electrons. The number of piperazine rings is 1. The molecule has 2 nitrogen and oxygen atoms in total. The van der Waals surface area contributed by atoms with Gasteiger partial charge in [0.25, 0.3) is 0 Å². The number of rotatable bonds is 4. The molecule has 3 heteroatoms. The second-order valence-electron chi connectivity index (χ2n) is 5.94. The first-order valence-corrected chi connectivity index (χ1v) is 7.97. The lowest BCUT2D eigenvalue weighted by molar-refractivity contribution is 0.0856. The van der Waals surface area contributed by atoms with E-state index in [1.54, 1.807) is 0 Å². The zero-order valence-corrected chi connectivity index (χ0v) is 12.8. The normalized spacial score (nSPS) is 27.6. The van der Waals surface area contributed by atoms with Crippen molar-refractivity contribution in [1.29, 1.82) is 0 Å². The number of nitrogens with one attached hydrogen (secondary N) is 1. The fourth-order valence-corrected chi connectivity index (χ4v) is 3.64. The Morgan fingerprint density at radius 1 is 1.44 bits per heavy atom. The van der Waals surface area contributed by atoms with Gasteiger partial charge in [0.2, 0.25) is 0 Å². The van der Waals surface area contributed by atoms with Crippen LogP contribution < -0.4 is 5.32 Å². The fraction of sp³-hybridized carbons (Fsp3) is 0.733. The van der Waals surface area contributed by atoms with Crippen LogP contribution in [0.1, 0.15) is 32.6 Å². The highest BCUT2D eigenvalue weighted by Gasteiger charge is 2.29. The van der Waals surface area contributed by atoms with Crippen LogP contribution in [-0.4, -0.2) is 36.1 Å². The first kappa shape index (κ1) is 14.0. The molecule has 1 aliphatic rings. The minimum absolute atomic E-state index is 0.641. The van der Waals surface area contributed by atoms with Gasteiger partial charge in [-0.3, -0.25) is 4.90 Å². The number of hydrogen-bond donors (Lipinski definition) is 1. The van der Waals surface area contributed by atoms with E-state index in [-0.39, 0.29) is 0 Å². The molecular formula is C15H26N2S. The van der Waals surface area contributed by atoms with Gasteiger partial charge in [0.05, 0.1) is 0 Å². The van der Waals surface area contributed by atoms with Crippen molar-refractivity contribution < 1.29 is 0 Å². The molecule has 1 fully saturated rings. The van der Waals surface area contributed by atoms with Crippen LogP contribution >= 0.6 is 11.3 Å². The first-order chi connectivity index (χ1) is 8.58. The SMILES string of the molecule is CC(C)C1CN(C(C)Cc2cccs2)C(C)CN1. The van der Waals surface area contributed by atoms with Crippen molar-refractivity contribution in [3.8, 4) is 0 Å². The van der Waals surface area contributed by atoms with Gasteiger partial charge >= 0.3 is 0 Å². The summed E-state index contributed by atoms with van der Waals surface area (Å²) >= 11 is 1.88. The van der Waals surface area contributed by atoms with Crippen molar-refractivity contribution in [2.75, 3.05) is 13.1 Å². The summed E-state index contributed by atoms with van der Waals surface area (Å²) in [5.74, 6) is 0.717. The summed E-state index contributed by atoms with van der Waals surface area (Å²) in [5.41, 5.74) is 0. The molecule has 1 aromatic rings. The predicted octanol–water partition coefficient (Wildman–Crippen LogP) is 3.00. The molecule has 3 atom stereocenters. The lowest BCUT2D eigenvalue weighted by Gasteiger charge is -2.43. The summed E-state index contributed by atoms with van der Waals surface area (Å²) in [6, 6.07) is 6.35. The third-order valence-corrected chi connectivity index (χ3v) is 5.00. The summed E-state index contributed by atoms with van der Waals surface area (Å²) in [7, 11) is 0. The summed E-state index contributed by atoms with van der Waals surface area (Å²) in [6.45, 7) is 11.7. The Hall–Kier alpha value is -0.380. The maximum absolute atomic E-state index is 3.67. The average molecular weight is 266 g/mol. The lowest BCUT2D eigenvalue weighted by atomic mass is 9.97. The molecule has 1 N–H and O–H groups in total. The molecule has 0 saturated carbocycles. The van der Waals surface area contributed by atoms with Crippen LogP contribution in [0.15, 0.2) is 17.5 Å². The second-order valence-corrected chi connectivity index (χ2v) is 6.97. The Morgan fingerprint density at radius 3 is 2.83 bits per heavy atom. The zero-order valence-electron chi connectivity index (χ0n) is 12.0. The molecule has 0 aliphatic carbocycles. The summed E-state index contributed by atoms with van der Waals surface area (Å²) in [4.78, 5) is 4.19. The summed E-state index contributed by atoms with van der Waals surface area (Å²) < 4.78 is 0. The topological polar surface area (TPSA) is 15.3 Å². The second kappa shape index (κ2) is 6.18. The van der Waals surface area contributed by atoms with Crippen molar-refractivity contribution >= 4 is 11.3 Å². The molecular weight excluding hydrogens is 240 g/mol. The van der Waals surface area contributed by atoms with Crippen LogP contribution in [0.4, 0.5) is 0 Å². The van der Waals surface area contributed by atoms with Crippen LogP contribution in [0.25, 0.3) is 0 Å². The minimum Gasteiger partial charge on any atom is -0.311 e. The molecule has 1 aromatic heterocycles. The van der Waals surface area contributed by atoms with Gasteiger partial charge in [0.1, 0.15) is 0 Å². The molecule has 2 rings (SSSR count). The van der Waals surface area contributed by atoms with E-state index in [0.717, 1.165) is 6.54 Å². The molecule has 1 aliphatic heterocycles. The quantitative estimate of drug-likeness (QED) is 0.901. The Labute approximate surface area is 115 Å². The van der Waals surface area contributed by atoms with Crippen molar-refractivity contribution in [3.63, 3.8) is 0 Å². The van der Waals surface area contributed by atoms with E-state index in [1.807, 2.05) is 11.3 Å². The van der Waals surface area contributed by atoms with E-state index in [4.69, 9.17) is 0 Å². The maximum atomic E-state index is 3.67. The van der Waals surface area contributed by atoms with Crippen molar-refractivity contribution in [1.82, 2.24) is 10.2 Å². The highest BCUT2D eigenvalue weighted by atomic mass is 32.1. The Balaban J connectivity index is 1.96. The standard InChI is InChI=1S/C15H26N2S/c1-11(2)15-10-17(13(4)9-16-15)12(3)8-14-6-5-7-18-14/h5-7,11-13,15-16H,8-10H2,1-4H3. The highest BCUT2D eigenvalue weighted by Crippen LogP contribution is 2.19. The third-order valence-electron chi connectivity index (χ3n) is 4.10. The van der Waals surface area contributed by atoms with Gasteiger partial charge in [-0.2, -0.15) is 0 Å². The minimum atomic E-state index is 0.641. The molecule has 0 radical (unpaired) electrons. The molecule has 3 unspecified atom stereocenters. The van der Waals surface area contributed by atoms with E-state index in [9.17, 15) is 0 Å². The van der Waals surface area contributed by atoms with E-state index in [1.165, 1.54) is 17.8 Å². The van der Waals surface area contributed by atoms with Crippen LogP contribution in [0.3, 0.4) is 0 Å². The van der Waals surface area contributed by atoms with Gasteiger partial charge in [-0.15, -0.1) is 11.3 Å². The first-order valence-electron chi connectivity index (χ1n) is 7.09. The van der Waals surface area contributed by atoms with Crippen LogP contribution in [0.5, 0.6) is 0 Å². The van der Waals surface area contributed by atoms with E-state index < -0.39 is 0 Å². The maximum Gasteiger partial charge on any atom is 0.0218 e. The van der Waals surface area contributed by atoms with Crippen molar-refractivity contribution in [2.24, 2.45) is 5.92 Å². The van der Waals surface area contributed by atoms with Crippen LogP contribution in [0.2, 0.25) is 0 Å². The van der Waals surface area contributed by atoms with Gasteiger partial charge in [0.15, 0.2) is 0 Å². The molecule has 2 heterocycles. The van der Waals surface area contributed by atoms with Crippen molar-refractivity contribution in [3.05, 3.63) is 22.4 Å². The summed E-state index contributed by atoms with van der Waals surface area (Å²) in [5, 5.41) is 5.85. The molecule has 0 amide bonds. The van der Waals surface area contributed by atoms with Gasteiger partial charge in [-0.25, -0.2) is 0 Å². The van der Waals surface area contributed by atoms with Crippen molar-refractivity contribution in [2.45, 2.75) is 52.2 Å². The Morgan fingerprint density at radius 2 is 2.22 bits per heavy atom. The smallest absolute Gasteiger partial charge is 0.0218 e. The number of nitrogens with zero attached hydrogens (tertiary/aromatic N) is 1. The van der Waals surface area contributed by atoms with E-state index in [2.05, 4.69) is 55.4 Å². The largest absolute Gasteiger partial charge is 0.311 e. The van der Waals surface area contributed by atoms with Gasteiger partial charge in [-0.05, 0) is 37.6 Å².